The highest BCUT2D eigenvalue weighted by molar-refractivity contribution is 7.92. The maximum absolute atomic E-state index is 12.7. The minimum atomic E-state index is -3.44. The minimum absolute atomic E-state index is 0.348. The summed E-state index contributed by atoms with van der Waals surface area (Å²) in [7, 11) is -0.253. The maximum Gasteiger partial charge on any atom is 0.236 e. The molecule has 2 aromatic carbocycles. The van der Waals surface area contributed by atoms with Gasteiger partial charge >= 0.3 is 0 Å². The summed E-state index contributed by atoms with van der Waals surface area (Å²) in [6, 6.07) is 13.9. The normalized spacial score (nSPS) is 14.9. The lowest BCUT2D eigenvalue weighted by molar-refractivity contribution is 0.349. The van der Waals surface area contributed by atoms with E-state index in [1.807, 2.05) is 42.5 Å². The van der Waals surface area contributed by atoms with Crippen LogP contribution in [0.2, 0.25) is 0 Å². The zero-order valence-electron chi connectivity index (χ0n) is 15.7. The van der Waals surface area contributed by atoms with Gasteiger partial charge in [0.15, 0.2) is 11.5 Å². The Morgan fingerprint density at radius 2 is 1.70 bits per heavy atom. The van der Waals surface area contributed by atoms with E-state index in [0.717, 1.165) is 17.5 Å². The Morgan fingerprint density at radius 1 is 1.04 bits per heavy atom. The number of ether oxygens (including phenoxy) is 2. The van der Waals surface area contributed by atoms with Crippen LogP contribution < -0.4 is 9.47 Å². The lowest BCUT2D eigenvalue weighted by Crippen LogP contribution is -2.34. The van der Waals surface area contributed by atoms with Crippen molar-refractivity contribution in [2.75, 3.05) is 20.8 Å². The van der Waals surface area contributed by atoms with Crippen LogP contribution in [0.15, 0.2) is 53.9 Å². The van der Waals surface area contributed by atoms with Crippen LogP contribution in [0, 0.1) is 0 Å². The van der Waals surface area contributed by atoms with Crippen molar-refractivity contribution in [2.45, 2.75) is 25.8 Å². The molecular weight excluding hydrogens is 362 g/mol. The third-order valence-electron chi connectivity index (χ3n) is 4.75. The molecule has 0 spiro atoms. The second-order valence-electron chi connectivity index (χ2n) is 6.50. The molecule has 0 saturated heterocycles. The van der Waals surface area contributed by atoms with Gasteiger partial charge in [0.1, 0.15) is 0 Å². The van der Waals surface area contributed by atoms with Crippen LogP contribution in [-0.2, 0) is 29.4 Å². The number of nitrogens with zero attached hydrogens (tertiary/aromatic N) is 1. The molecule has 0 N–H and O–H groups in total. The molecule has 0 aromatic heterocycles. The lowest BCUT2D eigenvalue weighted by atomic mass is 10.0. The molecule has 0 amide bonds. The summed E-state index contributed by atoms with van der Waals surface area (Å²) >= 11 is 0. The summed E-state index contributed by atoms with van der Waals surface area (Å²) in [5, 5.41) is 1.34. The largest absolute Gasteiger partial charge is 0.493 e. The second-order valence-corrected chi connectivity index (χ2v) is 8.32. The molecule has 0 aliphatic carbocycles. The molecule has 6 heteroatoms. The Hall–Kier alpha value is -2.31. The van der Waals surface area contributed by atoms with Crippen LogP contribution in [0.4, 0.5) is 0 Å². The van der Waals surface area contributed by atoms with Gasteiger partial charge in [-0.2, -0.15) is 4.31 Å². The van der Waals surface area contributed by atoms with E-state index in [1.54, 1.807) is 20.3 Å². The fraction of sp³-hybridized carbons (Fsp3) is 0.333. The second kappa shape index (κ2) is 8.59. The number of sulfonamides is 1. The SMILES string of the molecule is COc1cc2c(cc1OC)CN(S(=O)(=O)/C=C/CCc1ccccc1)CC2. The fourth-order valence-corrected chi connectivity index (χ4v) is 4.46. The quantitative estimate of drug-likeness (QED) is 0.729. The zero-order chi connectivity index (χ0) is 19.3. The smallest absolute Gasteiger partial charge is 0.236 e. The van der Waals surface area contributed by atoms with Gasteiger partial charge in [0.25, 0.3) is 0 Å². The van der Waals surface area contributed by atoms with Crippen molar-refractivity contribution in [1.29, 1.82) is 0 Å². The summed E-state index contributed by atoms with van der Waals surface area (Å²) in [6.07, 6.45) is 3.92. The first kappa shape index (κ1) is 19.5. The summed E-state index contributed by atoms with van der Waals surface area (Å²) in [5.41, 5.74) is 3.26. The number of hydrogen-bond donors (Lipinski definition) is 0. The Labute approximate surface area is 161 Å². The lowest BCUT2D eigenvalue weighted by Gasteiger charge is -2.27. The van der Waals surface area contributed by atoms with Crippen molar-refractivity contribution < 1.29 is 17.9 Å². The van der Waals surface area contributed by atoms with Gasteiger partial charge in [-0.05, 0) is 48.1 Å². The molecule has 0 bridgehead atoms. The van der Waals surface area contributed by atoms with Crippen molar-refractivity contribution in [3.8, 4) is 11.5 Å². The van der Waals surface area contributed by atoms with Crippen LogP contribution in [-0.4, -0.2) is 33.5 Å². The average Bonchev–Trinajstić information content (AvgIpc) is 2.70. The highest BCUT2D eigenvalue weighted by Crippen LogP contribution is 2.33. The van der Waals surface area contributed by atoms with Gasteiger partial charge in [-0.3, -0.25) is 0 Å². The van der Waals surface area contributed by atoms with Crippen molar-refractivity contribution in [3.05, 3.63) is 70.6 Å². The molecule has 5 nitrogen and oxygen atoms in total. The summed E-state index contributed by atoms with van der Waals surface area (Å²) < 4.78 is 37.5. The van der Waals surface area contributed by atoms with Crippen LogP contribution in [0.1, 0.15) is 23.1 Å². The fourth-order valence-electron chi connectivity index (χ4n) is 3.24. The van der Waals surface area contributed by atoms with Gasteiger partial charge in [-0.1, -0.05) is 36.4 Å². The predicted molar refractivity (Wildman–Crippen MR) is 106 cm³/mol. The summed E-state index contributed by atoms with van der Waals surface area (Å²) in [4.78, 5) is 0. The predicted octanol–water partition coefficient (Wildman–Crippen LogP) is 3.54. The van der Waals surface area contributed by atoms with E-state index in [1.165, 1.54) is 15.3 Å². The molecule has 144 valence electrons. The van der Waals surface area contributed by atoms with E-state index in [-0.39, 0.29) is 0 Å². The van der Waals surface area contributed by atoms with Gasteiger partial charge in [-0.25, -0.2) is 8.42 Å². The van der Waals surface area contributed by atoms with Crippen LogP contribution in [0.25, 0.3) is 0 Å². The molecule has 3 rings (SSSR count). The number of fused-ring (bicyclic) bond motifs is 1. The average molecular weight is 388 g/mol. The topological polar surface area (TPSA) is 55.8 Å². The van der Waals surface area contributed by atoms with Gasteiger partial charge in [0.2, 0.25) is 10.0 Å². The third-order valence-corrected chi connectivity index (χ3v) is 6.32. The van der Waals surface area contributed by atoms with E-state index in [9.17, 15) is 8.42 Å². The first-order valence-electron chi connectivity index (χ1n) is 8.98. The van der Waals surface area contributed by atoms with Crippen LogP contribution >= 0.6 is 0 Å². The van der Waals surface area contributed by atoms with Crippen LogP contribution in [0.5, 0.6) is 11.5 Å². The zero-order valence-corrected chi connectivity index (χ0v) is 16.5. The highest BCUT2D eigenvalue weighted by atomic mass is 32.2. The van der Waals surface area contributed by atoms with E-state index in [4.69, 9.17) is 9.47 Å². The van der Waals surface area contributed by atoms with Crippen molar-refractivity contribution in [2.24, 2.45) is 0 Å². The molecule has 0 atom stereocenters. The molecule has 1 aliphatic rings. The first-order chi connectivity index (χ1) is 13.0. The van der Waals surface area contributed by atoms with E-state index >= 15 is 0 Å². The number of hydrogen-bond acceptors (Lipinski definition) is 4. The molecular formula is C21H25NO4S. The van der Waals surface area contributed by atoms with Crippen molar-refractivity contribution >= 4 is 10.0 Å². The van der Waals surface area contributed by atoms with Gasteiger partial charge in [0.05, 0.1) is 14.2 Å². The molecule has 1 heterocycles. The summed E-state index contributed by atoms with van der Waals surface area (Å²) in [5.74, 6) is 1.29. The molecule has 27 heavy (non-hydrogen) atoms. The molecule has 0 radical (unpaired) electrons. The monoisotopic (exact) mass is 387 g/mol. The van der Waals surface area contributed by atoms with Crippen LogP contribution in [0.3, 0.4) is 0 Å². The van der Waals surface area contributed by atoms with E-state index in [2.05, 4.69) is 0 Å². The Balaban J connectivity index is 1.67. The number of allylic oxidation sites excluding steroid dienone is 1. The Bertz CT molecular complexity index is 907. The molecule has 0 unspecified atom stereocenters. The van der Waals surface area contributed by atoms with E-state index < -0.39 is 10.0 Å². The third kappa shape index (κ3) is 4.70. The van der Waals surface area contributed by atoms with E-state index in [0.29, 0.717) is 37.4 Å². The minimum Gasteiger partial charge on any atom is -0.493 e. The standard InChI is InChI=1S/C21H25NO4S/c1-25-20-14-18-11-12-22(16-19(18)15-21(20)26-2)27(23,24)13-7-6-10-17-8-4-3-5-9-17/h3-5,7-9,13-15H,6,10-12,16H2,1-2H3/b13-7+. The van der Waals surface area contributed by atoms with Gasteiger partial charge < -0.3 is 9.47 Å². The Kier molecular flexibility index (Phi) is 6.19. The van der Waals surface area contributed by atoms with Gasteiger partial charge in [-0.15, -0.1) is 0 Å². The molecule has 0 fully saturated rings. The number of benzene rings is 2. The molecule has 0 saturated carbocycles. The van der Waals surface area contributed by atoms with Crippen molar-refractivity contribution in [1.82, 2.24) is 4.31 Å². The summed E-state index contributed by atoms with van der Waals surface area (Å²) in [6.45, 7) is 0.814. The number of aryl methyl sites for hydroxylation is 1. The maximum atomic E-state index is 12.7. The van der Waals surface area contributed by atoms with Crippen molar-refractivity contribution in [3.63, 3.8) is 0 Å². The molecule has 2 aromatic rings. The van der Waals surface area contributed by atoms with Gasteiger partial charge in [0, 0.05) is 18.5 Å². The Morgan fingerprint density at radius 3 is 2.37 bits per heavy atom. The highest BCUT2D eigenvalue weighted by Gasteiger charge is 2.26. The first-order valence-corrected chi connectivity index (χ1v) is 10.5. The number of rotatable bonds is 7. The molecule has 1 aliphatic heterocycles. The number of methoxy groups -OCH3 is 2.